The second-order valence-corrected chi connectivity index (χ2v) is 9.45. The van der Waals surface area contributed by atoms with Crippen LogP contribution in [-0.2, 0) is 11.4 Å². The van der Waals surface area contributed by atoms with E-state index in [9.17, 15) is 4.79 Å². The first-order valence-corrected chi connectivity index (χ1v) is 12.3. The van der Waals surface area contributed by atoms with Crippen molar-refractivity contribution < 1.29 is 9.53 Å². The summed E-state index contributed by atoms with van der Waals surface area (Å²) >= 11 is 8.81. The van der Waals surface area contributed by atoms with Crippen LogP contribution in [-0.4, -0.2) is 22.9 Å². The number of rotatable bonds is 9. The Morgan fingerprint density at radius 3 is 2.73 bits per heavy atom. The third-order valence-electron chi connectivity index (χ3n) is 4.46. The topological polar surface area (TPSA) is 63.6 Å². The van der Waals surface area contributed by atoms with E-state index >= 15 is 0 Å². The van der Waals surface area contributed by atoms with Gasteiger partial charge in [0.15, 0.2) is 4.34 Å². The molecule has 166 valence electrons. The van der Waals surface area contributed by atoms with Crippen LogP contribution in [0, 0.1) is 0 Å². The van der Waals surface area contributed by atoms with Gasteiger partial charge in [-0.25, -0.2) is 10.4 Å². The largest absolute Gasteiger partial charge is 0.489 e. The van der Waals surface area contributed by atoms with E-state index in [0.717, 1.165) is 32.5 Å². The van der Waals surface area contributed by atoms with Gasteiger partial charge in [0.25, 0.3) is 5.91 Å². The number of hydrogen-bond acceptors (Lipinski definition) is 6. The van der Waals surface area contributed by atoms with Crippen LogP contribution < -0.4 is 10.2 Å². The normalized spacial score (nSPS) is 10.9. The Bertz CT molecular complexity index is 1230. The number of hydrazone groups is 1. The predicted molar refractivity (Wildman–Crippen MR) is 136 cm³/mol. The number of benzene rings is 3. The Kier molecular flexibility index (Phi) is 8.14. The van der Waals surface area contributed by atoms with Crippen molar-refractivity contribution in [1.29, 1.82) is 0 Å². The predicted octanol–water partition coefficient (Wildman–Crippen LogP) is 6.28. The second-order valence-electron chi connectivity index (χ2n) is 6.93. The van der Waals surface area contributed by atoms with Crippen molar-refractivity contribution >= 4 is 46.8 Å². The molecule has 5 nitrogen and oxygen atoms in total. The fraction of sp³-hybridized carbons (Fsp3) is 0.0800. The molecule has 0 saturated heterocycles. The number of amides is 1. The van der Waals surface area contributed by atoms with E-state index < -0.39 is 0 Å². The van der Waals surface area contributed by atoms with Gasteiger partial charge in [-0.2, -0.15) is 5.10 Å². The zero-order valence-corrected chi connectivity index (χ0v) is 19.9. The lowest BCUT2D eigenvalue weighted by Gasteiger charge is -2.06. The number of thiazole rings is 1. The van der Waals surface area contributed by atoms with Gasteiger partial charge in [0.1, 0.15) is 12.4 Å². The minimum Gasteiger partial charge on any atom is -0.489 e. The number of nitrogens with one attached hydrogen (secondary N) is 1. The van der Waals surface area contributed by atoms with Gasteiger partial charge in [-0.05, 0) is 35.4 Å². The van der Waals surface area contributed by atoms with E-state index in [1.807, 2.05) is 84.2 Å². The number of carbonyl (C=O) groups excluding carboxylic acids is 1. The van der Waals surface area contributed by atoms with Gasteiger partial charge < -0.3 is 4.74 Å². The van der Waals surface area contributed by atoms with Crippen LogP contribution in [0.3, 0.4) is 0 Å². The quantitative estimate of drug-likeness (QED) is 0.169. The van der Waals surface area contributed by atoms with Crippen LogP contribution in [0.15, 0.2) is 93.7 Å². The summed E-state index contributed by atoms with van der Waals surface area (Å²) in [6.45, 7) is 0.492. The fourth-order valence-corrected chi connectivity index (χ4v) is 4.59. The van der Waals surface area contributed by atoms with E-state index in [-0.39, 0.29) is 11.7 Å². The first kappa shape index (κ1) is 23.0. The molecule has 1 N–H and O–H groups in total. The molecule has 3 aromatic carbocycles. The van der Waals surface area contributed by atoms with E-state index in [4.69, 9.17) is 16.3 Å². The van der Waals surface area contributed by atoms with Crippen molar-refractivity contribution in [2.24, 2.45) is 5.10 Å². The Hall–Kier alpha value is -3.13. The van der Waals surface area contributed by atoms with E-state index in [1.165, 1.54) is 23.1 Å². The first-order valence-electron chi connectivity index (χ1n) is 10.1. The van der Waals surface area contributed by atoms with Gasteiger partial charge in [0, 0.05) is 16.0 Å². The van der Waals surface area contributed by atoms with E-state index in [0.29, 0.717) is 11.6 Å². The molecule has 1 aromatic heterocycles. The van der Waals surface area contributed by atoms with Gasteiger partial charge in [0.2, 0.25) is 0 Å². The molecule has 0 saturated carbocycles. The molecule has 0 radical (unpaired) electrons. The molecule has 4 rings (SSSR count). The molecule has 1 heterocycles. The molecule has 0 unspecified atom stereocenters. The third-order valence-corrected chi connectivity index (χ3v) is 6.73. The second kappa shape index (κ2) is 11.7. The van der Waals surface area contributed by atoms with Gasteiger partial charge in [-0.15, -0.1) is 11.3 Å². The molecular weight excluding hydrogens is 474 g/mol. The van der Waals surface area contributed by atoms with Crippen molar-refractivity contribution in [2.75, 3.05) is 5.75 Å². The molecular formula is C25H20ClN3O2S2. The highest BCUT2D eigenvalue weighted by Crippen LogP contribution is 2.28. The number of nitrogens with zero attached hydrogens (tertiary/aromatic N) is 2. The lowest BCUT2D eigenvalue weighted by Crippen LogP contribution is -2.19. The van der Waals surface area contributed by atoms with Gasteiger partial charge >= 0.3 is 0 Å². The highest BCUT2D eigenvalue weighted by atomic mass is 35.5. The van der Waals surface area contributed by atoms with Gasteiger partial charge in [0.05, 0.1) is 17.7 Å². The summed E-state index contributed by atoms with van der Waals surface area (Å²) in [5.74, 6) is 0.770. The Morgan fingerprint density at radius 1 is 1.09 bits per heavy atom. The van der Waals surface area contributed by atoms with Crippen molar-refractivity contribution in [3.63, 3.8) is 0 Å². The van der Waals surface area contributed by atoms with Crippen molar-refractivity contribution in [1.82, 2.24) is 10.4 Å². The fourth-order valence-electron chi connectivity index (χ4n) is 2.84. The molecule has 0 aliphatic carbocycles. The molecule has 0 bridgehead atoms. The standard InChI is InChI=1S/C25H20ClN3O2S2/c26-21-11-9-20(10-12-21)23-16-32-25(28-23)33-17-24(30)29-27-14-19-7-4-8-22(13-19)31-15-18-5-2-1-3-6-18/h1-14,16H,15,17H2,(H,29,30). The monoisotopic (exact) mass is 493 g/mol. The maximum atomic E-state index is 12.1. The molecule has 33 heavy (non-hydrogen) atoms. The minimum atomic E-state index is -0.198. The molecule has 0 aliphatic rings. The summed E-state index contributed by atoms with van der Waals surface area (Å²) < 4.78 is 6.64. The SMILES string of the molecule is O=C(CSc1nc(-c2ccc(Cl)cc2)cs1)NN=Cc1cccc(OCc2ccccc2)c1. The van der Waals surface area contributed by atoms with Gasteiger partial charge in [-0.1, -0.05) is 78.0 Å². The molecule has 8 heteroatoms. The summed E-state index contributed by atoms with van der Waals surface area (Å²) in [7, 11) is 0. The molecule has 0 aliphatic heterocycles. The average Bonchev–Trinajstić information content (AvgIpc) is 3.32. The maximum absolute atomic E-state index is 12.1. The Morgan fingerprint density at radius 2 is 1.91 bits per heavy atom. The molecule has 0 atom stereocenters. The van der Waals surface area contributed by atoms with Crippen LogP contribution in [0.4, 0.5) is 0 Å². The number of aromatic nitrogens is 1. The zero-order valence-electron chi connectivity index (χ0n) is 17.5. The highest BCUT2D eigenvalue weighted by molar-refractivity contribution is 8.01. The number of carbonyl (C=O) groups is 1. The Labute approximate surface area is 205 Å². The van der Waals surface area contributed by atoms with Crippen molar-refractivity contribution in [2.45, 2.75) is 10.9 Å². The molecule has 0 spiro atoms. The van der Waals surface area contributed by atoms with E-state index in [2.05, 4.69) is 15.5 Å². The van der Waals surface area contributed by atoms with Crippen molar-refractivity contribution in [3.05, 3.63) is 100 Å². The van der Waals surface area contributed by atoms with E-state index in [1.54, 1.807) is 6.21 Å². The third kappa shape index (κ3) is 7.18. The molecule has 4 aromatic rings. The van der Waals surface area contributed by atoms with Crippen LogP contribution in [0.2, 0.25) is 5.02 Å². The number of ether oxygens (including phenoxy) is 1. The van der Waals surface area contributed by atoms with Gasteiger partial charge in [-0.3, -0.25) is 4.79 Å². The van der Waals surface area contributed by atoms with Crippen LogP contribution in [0.25, 0.3) is 11.3 Å². The summed E-state index contributed by atoms with van der Waals surface area (Å²) in [4.78, 5) is 16.7. The van der Waals surface area contributed by atoms with Crippen molar-refractivity contribution in [3.8, 4) is 17.0 Å². The molecule has 0 fully saturated rings. The summed E-state index contributed by atoms with van der Waals surface area (Å²) in [5.41, 5.74) is 6.35. The number of halogens is 1. The minimum absolute atomic E-state index is 0.198. The maximum Gasteiger partial charge on any atom is 0.250 e. The summed E-state index contributed by atoms with van der Waals surface area (Å²) in [6, 6.07) is 25.0. The lowest BCUT2D eigenvalue weighted by atomic mass is 10.2. The number of thioether (sulfide) groups is 1. The highest BCUT2D eigenvalue weighted by Gasteiger charge is 2.08. The van der Waals surface area contributed by atoms with Crippen LogP contribution >= 0.6 is 34.7 Å². The zero-order chi connectivity index (χ0) is 22.9. The Balaban J connectivity index is 1.23. The lowest BCUT2D eigenvalue weighted by molar-refractivity contribution is -0.118. The van der Waals surface area contributed by atoms with Crippen LogP contribution in [0.1, 0.15) is 11.1 Å². The summed E-state index contributed by atoms with van der Waals surface area (Å²) in [6.07, 6.45) is 1.60. The number of hydrogen-bond donors (Lipinski definition) is 1. The smallest absolute Gasteiger partial charge is 0.250 e. The first-order chi connectivity index (χ1) is 16.2. The van der Waals surface area contributed by atoms with Crippen LogP contribution in [0.5, 0.6) is 5.75 Å². The average molecular weight is 494 g/mol. The summed E-state index contributed by atoms with van der Waals surface area (Å²) in [5, 5.41) is 6.71. The molecule has 1 amide bonds.